The van der Waals surface area contributed by atoms with E-state index in [-0.39, 0.29) is 5.91 Å². The fraction of sp³-hybridized carbons (Fsp3) is 0.345. The number of halogens is 1. The van der Waals surface area contributed by atoms with E-state index < -0.39 is 5.82 Å². The molecule has 2 aliphatic heterocycles. The minimum Gasteiger partial charge on any atom is -0.491 e. The van der Waals surface area contributed by atoms with E-state index >= 15 is 0 Å². The van der Waals surface area contributed by atoms with Crippen LogP contribution in [0.5, 0.6) is 5.75 Å². The highest BCUT2D eigenvalue weighted by Gasteiger charge is 2.23. The first kappa shape index (κ1) is 23.5. The third-order valence-corrected chi connectivity index (χ3v) is 6.73. The maximum absolute atomic E-state index is 13.6. The van der Waals surface area contributed by atoms with Gasteiger partial charge in [0.15, 0.2) is 0 Å². The lowest BCUT2D eigenvalue weighted by atomic mass is 10.0. The minimum atomic E-state index is -0.404. The first-order valence-corrected chi connectivity index (χ1v) is 12.3. The lowest BCUT2D eigenvalue weighted by Crippen LogP contribution is -2.36. The fourth-order valence-corrected chi connectivity index (χ4v) is 4.80. The first-order chi connectivity index (χ1) is 17.1. The maximum Gasteiger partial charge on any atom is 0.254 e. The molecule has 0 radical (unpaired) electrons. The van der Waals surface area contributed by atoms with Crippen LogP contribution < -0.4 is 4.74 Å². The van der Waals surface area contributed by atoms with Crippen molar-refractivity contribution in [2.75, 3.05) is 26.2 Å². The molecule has 6 heteroatoms. The largest absolute Gasteiger partial charge is 0.491 e. The summed E-state index contributed by atoms with van der Waals surface area (Å²) in [6.45, 7) is 4.86. The number of piperidine rings is 1. The van der Waals surface area contributed by atoms with Crippen molar-refractivity contribution in [3.05, 3.63) is 101 Å². The van der Waals surface area contributed by atoms with E-state index in [4.69, 9.17) is 9.47 Å². The number of ether oxygens (including phenoxy) is 2. The Morgan fingerprint density at radius 3 is 2.57 bits per heavy atom. The van der Waals surface area contributed by atoms with Crippen molar-refractivity contribution in [1.29, 1.82) is 0 Å². The Hall–Kier alpha value is -3.22. The third-order valence-electron chi connectivity index (χ3n) is 6.73. The summed E-state index contributed by atoms with van der Waals surface area (Å²) >= 11 is 0. The van der Waals surface area contributed by atoms with Crippen molar-refractivity contribution >= 4 is 5.91 Å². The lowest BCUT2D eigenvalue weighted by Gasteiger charge is -2.32. The summed E-state index contributed by atoms with van der Waals surface area (Å²) in [7, 11) is 0. The number of fused-ring (bicyclic) bond motifs is 1. The van der Waals surface area contributed by atoms with Crippen LogP contribution >= 0.6 is 0 Å². The monoisotopic (exact) mass is 474 g/mol. The van der Waals surface area contributed by atoms with Crippen molar-refractivity contribution in [2.45, 2.75) is 38.6 Å². The number of likely N-dealkylation sites (tertiary alicyclic amines) is 1. The van der Waals surface area contributed by atoms with Gasteiger partial charge in [-0.05, 0) is 54.3 Å². The lowest BCUT2D eigenvalue weighted by molar-refractivity contribution is -0.00394. The highest BCUT2D eigenvalue weighted by molar-refractivity contribution is 5.94. The zero-order valence-electron chi connectivity index (χ0n) is 19.9. The van der Waals surface area contributed by atoms with E-state index in [0.717, 1.165) is 43.8 Å². The smallest absolute Gasteiger partial charge is 0.254 e. The van der Waals surface area contributed by atoms with Gasteiger partial charge < -0.3 is 14.4 Å². The van der Waals surface area contributed by atoms with E-state index in [9.17, 15) is 9.18 Å². The van der Waals surface area contributed by atoms with Crippen LogP contribution in [-0.4, -0.2) is 48.1 Å². The number of benzene rings is 3. The van der Waals surface area contributed by atoms with Crippen LogP contribution in [0.1, 0.15) is 39.9 Å². The average molecular weight is 475 g/mol. The second-order valence-electron chi connectivity index (χ2n) is 9.30. The second kappa shape index (κ2) is 11.0. The van der Waals surface area contributed by atoms with E-state index in [1.54, 1.807) is 17.0 Å². The van der Waals surface area contributed by atoms with Gasteiger partial charge >= 0.3 is 0 Å². The molecule has 0 saturated carbocycles. The Labute approximate surface area is 206 Å². The second-order valence-corrected chi connectivity index (χ2v) is 9.30. The van der Waals surface area contributed by atoms with Crippen molar-refractivity contribution in [1.82, 2.24) is 9.80 Å². The predicted molar refractivity (Wildman–Crippen MR) is 133 cm³/mol. The molecule has 35 heavy (non-hydrogen) atoms. The molecule has 1 amide bonds. The molecule has 1 fully saturated rings. The van der Waals surface area contributed by atoms with E-state index in [0.29, 0.717) is 38.0 Å². The SMILES string of the molecule is O=C(c1cccc(F)c1)N1CCOc2ccc(CN3CCC(OCc4ccccc4)CC3)cc2C1. The van der Waals surface area contributed by atoms with Crippen LogP contribution in [0.25, 0.3) is 0 Å². The molecule has 0 N–H and O–H groups in total. The van der Waals surface area contributed by atoms with Gasteiger partial charge in [0.25, 0.3) is 5.91 Å². The molecular weight excluding hydrogens is 443 g/mol. The Morgan fingerprint density at radius 1 is 0.943 bits per heavy atom. The highest BCUT2D eigenvalue weighted by atomic mass is 19.1. The van der Waals surface area contributed by atoms with E-state index in [1.807, 2.05) is 24.3 Å². The van der Waals surface area contributed by atoms with Gasteiger partial charge in [0.1, 0.15) is 18.2 Å². The molecule has 3 aromatic carbocycles. The zero-order chi connectivity index (χ0) is 24.0. The standard InChI is InChI=1S/C29H31FN2O3/c30-26-8-4-7-24(18-26)29(33)32-15-16-34-28-10-9-23(17-25(28)20-32)19-31-13-11-27(12-14-31)35-21-22-5-2-1-3-6-22/h1-10,17-18,27H,11-16,19-21H2. The van der Waals surface area contributed by atoms with Gasteiger partial charge in [0, 0.05) is 37.3 Å². The van der Waals surface area contributed by atoms with Gasteiger partial charge in [0.2, 0.25) is 0 Å². The molecule has 0 bridgehead atoms. The molecule has 5 rings (SSSR count). The van der Waals surface area contributed by atoms with Crippen molar-refractivity contribution in [2.24, 2.45) is 0 Å². The highest BCUT2D eigenvalue weighted by Crippen LogP contribution is 2.27. The van der Waals surface area contributed by atoms with Crippen LogP contribution in [0, 0.1) is 5.82 Å². The number of carbonyl (C=O) groups excluding carboxylic acids is 1. The average Bonchev–Trinajstić information content (AvgIpc) is 3.11. The van der Waals surface area contributed by atoms with Crippen molar-refractivity contribution in [3.63, 3.8) is 0 Å². The van der Waals surface area contributed by atoms with Gasteiger partial charge in [0.05, 0.1) is 19.3 Å². The van der Waals surface area contributed by atoms with Crippen LogP contribution in [0.2, 0.25) is 0 Å². The number of rotatable bonds is 6. The summed E-state index contributed by atoms with van der Waals surface area (Å²) in [6, 6.07) is 22.4. The van der Waals surface area contributed by atoms with E-state index in [2.05, 4.69) is 29.2 Å². The Morgan fingerprint density at radius 2 is 1.77 bits per heavy atom. The van der Waals surface area contributed by atoms with Gasteiger partial charge in [-0.15, -0.1) is 0 Å². The summed E-state index contributed by atoms with van der Waals surface area (Å²) in [5.41, 5.74) is 3.77. The summed E-state index contributed by atoms with van der Waals surface area (Å²) in [5.74, 6) is 0.235. The quantitative estimate of drug-likeness (QED) is 0.502. The van der Waals surface area contributed by atoms with Gasteiger partial charge in [-0.1, -0.05) is 42.5 Å². The molecule has 0 aromatic heterocycles. The molecule has 0 aliphatic carbocycles. The molecule has 2 heterocycles. The Kier molecular flexibility index (Phi) is 7.40. The number of carbonyl (C=O) groups is 1. The summed E-state index contributed by atoms with van der Waals surface area (Å²) in [6.07, 6.45) is 2.35. The topological polar surface area (TPSA) is 42.0 Å². The Balaban J connectivity index is 1.17. The van der Waals surface area contributed by atoms with Crippen LogP contribution in [-0.2, 0) is 24.4 Å². The van der Waals surface area contributed by atoms with Gasteiger partial charge in [-0.25, -0.2) is 4.39 Å². The molecule has 0 unspecified atom stereocenters. The normalized spacial score (nSPS) is 16.9. The van der Waals surface area contributed by atoms with Crippen molar-refractivity contribution < 1.29 is 18.7 Å². The third kappa shape index (κ3) is 6.08. The number of nitrogens with zero attached hydrogens (tertiary/aromatic N) is 2. The fourth-order valence-electron chi connectivity index (χ4n) is 4.80. The van der Waals surface area contributed by atoms with Gasteiger partial charge in [-0.2, -0.15) is 0 Å². The molecular formula is C29H31FN2O3. The summed E-state index contributed by atoms with van der Waals surface area (Å²) in [4.78, 5) is 17.2. The number of amides is 1. The molecule has 2 aliphatic rings. The van der Waals surface area contributed by atoms with Crippen LogP contribution in [0.15, 0.2) is 72.8 Å². The van der Waals surface area contributed by atoms with Crippen molar-refractivity contribution in [3.8, 4) is 5.75 Å². The van der Waals surface area contributed by atoms with E-state index in [1.165, 1.54) is 23.3 Å². The summed E-state index contributed by atoms with van der Waals surface area (Å²) in [5, 5.41) is 0. The zero-order valence-corrected chi connectivity index (χ0v) is 19.9. The molecule has 182 valence electrons. The first-order valence-electron chi connectivity index (χ1n) is 12.3. The maximum atomic E-state index is 13.6. The van der Waals surface area contributed by atoms with Crippen LogP contribution in [0.3, 0.4) is 0 Å². The molecule has 1 saturated heterocycles. The van der Waals surface area contributed by atoms with Crippen LogP contribution in [0.4, 0.5) is 4.39 Å². The summed E-state index contributed by atoms with van der Waals surface area (Å²) < 4.78 is 25.7. The Bertz CT molecular complexity index is 1150. The molecule has 5 nitrogen and oxygen atoms in total. The number of hydrogen-bond acceptors (Lipinski definition) is 4. The number of hydrogen-bond donors (Lipinski definition) is 0. The molecule has 0 atom stereocenters. The minimum absolute atomic E-state index is 0.177. The molecule has 0 spiro atoms. The predicted octanol–water partition coefficient (Wildman–Crippen LogP) is 5.04. The molecule has 3 aromatic rings. The van der Waals surface area contributed by atoms with Gasteiger partial charge in [-0.3, -0.25) is 9.69 Å².